The summed E-state index contributed by atoms with van der Waals surface area (Å²) in [4.78, 5) is 12.1. The van der Waals surface area contributed by atoms with E-state index in [4.69, 9.17) is 18.8 Å². The average molecular weight is 749 g/mol. The zero-order chi connectivity index (χ0) is 37.5. The summed E-state index contributed by atoms with van der Waals surface area (Å²) in [6.45, 7) is 0. The molecule has 2 unspecified atom stereocenters. The smallest absolute Gasteiger partial charge is 0.155 e. The van der Waals surface area contributed by atoms with Gasteiger partial charge in [-0.05, 0) is 69.8 Å². The van der Waals surface area contributed by atoms with E-state index in [1.54, 1.807) is 0 Å². The van der Waals surface area contributed by atoms with Crippen LogP contribution >= 0.6 is 11.8 Å². The fraction of sp³-hybridized carbons (Fsp3) is 0.0385. The second-order valence-corrected chi connectivity index (χ2v) is 16.0. The summed E-state index contributed by atoms with van der Waals surface area (Å²) in [6.07, 6.45) is 0. The van der Waals surface area contributed by atoms with Crippen molar-refractivity contribution < 1.29 is 8.83 Å². The summed E-state index contributed by atoms with van der Waals surface area (Å²) in [5.74, 6) is 0.744. The van der Waals surface area contributed by atoms with Gasteiger partial charge in [0.15, 0.2) is 5.84 Å². The number of nitrogens with zero attached hydrogens (tertiary/aromatic N) is 2. The molecule has 0 radical (unpaired) electrons. The van der Waals surface area contributed by atoms with Crippen molar-refractivity contribution in [1.82, 2.24) is 0 Å². The van der Waals surface area contributed by atoms with Crippen LogP contribution in [0.15, 0.2) is 206 Å². The first-order valence-corrected chi connectivity index (χ1v) is 20.2. The second-order valence-electron chi connectivity index (χ2n) is 14.8. The molecule has 2 aliphatic heterocycles. The molecule has 0 aliphatic carbocycles. The van der Waals surface area contributed by atoms with Gasteiger partial charge in [0.25, 0.3) is 0 Å². The van der Waals surface area contributed by atoms with Crippen LogP contribution in [0.3, 0.4) is 0 Å². The Labute approximate surface area is 332 Å². The first kappa shape index (κ1) is 32.3. The van der Waals surface area contributed by atoms with Gasteiger partial charge in [-0.15, -0.1) is 11.8 Å². The van der Waals surface area contributed by atoms with Crippen LogP contribution in [0.5, 0.6) is 0 Å². The molecule has 4 nitrogen and oxygen atoms in total. The Morgan fingerprint density at radius 3 is 1.63 bits per heavy atom. The standard InChI is InChI=1S/C52H32N2O2S/c1-2-12-31(13-3-1)47-51-48(54-52(53-47)36-17-9-16-35(29-36)38-21-11-23-42-40-19-5-7-25-45(40)56-50(38)42)43-30-33(26-27-46(43)57-51)32-14-8-15-34(28-32)37-20-10-22-41-39-18-4-6-24-44(39)55-49(37)41/h1-30,48,51H. The van der Waals surface area contributed by atoms with Gasteiger partial charge in [-0.25, -0.2) is 4.99 Å². The maximum atomic E-state index is 6.44. The third-order valence-electron chi connectivity index (χ3n) is 11.4. The highest BCUT2D eigenvalue weighted by Crippen LogP contribution is 2.51. The van der Waals surface area contributed by atoms with Crippen LogP contribution in [0.4, 0.5) is 0 Å². The fourth-order valence-corrected chi connectivity index (χ4v) is 10.1. The van der Waals surface area contributed by atoms with E-state index >= 15 is 0 Å². The predicted octanol–water partition coefficient (Wildman–Crippen LogP) is 14.0. The number of para-hydroxylation sites is 4. The molecule has 0 bridgehead atoms. The number of benzene rings is 8. The van der Waals surface area contributed by atoms with Crippen LogP contribution in [0.2, 0.25) is 0 Å². The highest BCUT2D eigenvalue weighted by atomic mass is 32.2. The molecule has 5 heteroatoms. The molecule has 0 saturated heterocycles. The predicted molar refractivity (Wildman–Crippen MR) is 236 cm³/mol. The zero-order valence-corrected chi connectivity index (χ0v) is 31.4. The van der Waals surface area contributed by atoms with Crippen molar-refractivity contribution in [3.63, 3.8) is 0 Å². The summed E-state index contributed by atoms with van der Waals surface area (Å²) in [5.41, 5.74) is 14.6. The van der Waals surface area contributed by atoms with Crippen LogP contribution in [0.1, 0.15) is 22.7 Å². The van der Waals surface area contributed by atoms with E-state index in [2.05, 4.69) is 158 Å². The van der Waals surface area contributed by atoms with Crippen LogP contribution in [0.25, 0.3) is 77.3 Å². The number of furan rings is 2. The molecular weight excluding hydrogens is 717 g/mol. The van der Waals surface area contributed by atoms with E-state index in [0.29, 0.717) is 0 Å². The van der Waals surface area contributed by atoms with Gasteiger partial charge in [0.05, 0.1) is 17.0 Å². The molecular formula is C52H32N2O2S. The van der Waals surface area contributed by atoms with Crippen LogP contribution in [-0.2, 0) is 0 Å². The molecule has 12 rings (SSSR count). The third kappa shape index (κ3) is 5.23. The van der Waals surface area contributed by atoms with E-state index < -0.39 is 0 Å². The minimum atomic E-state index is -0.0948. The number of rotatable bonds is 5. The van der Waals surface area contributed by atoms with Crippen molar-refractivity contribution in [2.24, 2.45) is 9.98 Å². The van der Waals surface area contributed by atoms with Crippen LogP contribution < -0.4 is 0 Å². The Hall–Kier alpha value is -6.95. The largest absolute Gasteiger partial charge is 0.455 e. The molecule has 8 aromatic carbocycles. The third-order valence-corrected chi connectivity index (χ3v) is 12.8. The van der Waals surface area contributed by atoms with Gasteiger partial charge < -0.3 is 8.83 Å². The number of aliphatic imine (C=N–C) groups is 2. The molecule has 268 valence electrons. The lowest BCUT2D eigenvalue weighted by Crippen LogP contribution is -2.28. The first-order chi connectivity index (χ1) is 28.2. The second kappa shape index (κ2) is 12.8. The van der Waals surface area contributed by atoms with E-state index in [9.17, 15) is 0 Å². The molecule has 0 N–H and O–H groups in total. The van der Waals surface area contributed by atoms with Gasteiger partial charge in [-0.1, -0.05) is 146 Å². The minimum Gasteiger partial charge on any atom is -0.455 e. The summed E-state index contributed by atoms with van der Waals surface area (Å²) >= 11 is 1.87. The minimum absolute atomic E-state index is 0.0610. The van der Waals surface area contributed by atoms with E-state index in [1.807, 2.05) is 36.0 Å². The summed E-state index contributed by atoms with van der Waals surface area (Å²) in [6, 6.07) is 64.0. The number of hydrogen-bond donors (Lipinski definition) is 0. The van der Waals surface area contributed by atoms with Crippen molar-refractivity contribution in [3.05, 3.63) is 199 Å². The maximum absolute atomic E-state index is 6.44. The quantitative estimate of drug-likeness (QED) is 0.176. The van der Waals surface area contributed by atoms with Crippen molar-refractivity contribution >= 4 is 67.2 Å². The van der Waals surface area contributed by atoms with Crippen LogP contribution in [-0.4, -0.2) is 16.8 Å². The molecule has 2 aromatic heterocycles. The van der Waals surface area contributed by atoms with Gasteiger partial charge in [-0.2, -0.15) is 0 Å². The Kier molecular flexibility index (Phi) is 7.26. The number of fused-ring (bicyclic) bond motifs is 9. The summed E-state index contributed by atoms with van der Waals surface area (Å²) in [5, 5.41) is 4.57. The van der Waals surface area contributed by atoms with Gasteiger partial charge in [0, 0.05) is 43.1 Å². The lowest BCUT2D eigenvalue weighted by atomic mass is 9.92. The average Bonchev–Trinajstić information content (AvgIpc) is 3.98. The number of thioether (sulfide) groups is 1. The van der Waals surface area contributed by atoms with E-state index in [0.717, 1.165) is 99.9 Å². The maximum Gasteiger partial charge on any atom is 0.155 e. The molecule has 2 aliphatic rings. The molecule has 0 amide bonds. The number of amidine groups is 1. The van der Waals surface area contributed by atoms with E-state index in [1.165, 1.54) is 10.5 Å². The fourth-order valence-electron chi connectivity index (χ4n) is 8.73. The monoisotopic (exact) mass is 748 g/mol. The van der Waals surface area contributed by atoms with E-state index in [-0.39, 0.29) is 11.3 Å². The Morgan fingerprint density at radius 1 is 0.421 bits per heavy atom. The Morgan fingerprint density at radius 2 is 0.947 bits per heavy atom. The molecule has 10 aromatic rings. The molecule has 0 saturated carbocycles. The first-order valence-electron chi connectivity index (χ1n) is 19.3. The van der Waals surface area contributed by atoms with Crippen LogP contribution in [0, 0.1) is 0 Å². The van der Waals surface area contributed by atoms with Crippen molar-refractivity contribution in [3.8, 4) is 33.4 Å². The van der Waals surface area contributed by atoms with Gasteiger partial charge in [-0.3, -0.25) is 4.99 Å². The highest BCUT2D eigenvalue weighted by molar-refractivity contribution is 8.01. The highest BCUT2D eigenvalue weighted by Gasteiger charge is 2.40. The topological polar surface area (TPSA) is 51.0 Å². The van der Waals surface area contributed by atoms with Crippen molar-refractivity contribution in [2.45, 2.75) is 16.2 Å². The lowest BCUT2D eigenvalue weighted by molar-refractivity contribution is 0.669. The summed E-state index contributed by atoms with van der Waals surface area (Å²) < 4.78 is 12.9. The lowest BCUT2D eigenvalue weighted by Gasteiger charge is -2.24. The summed E-state index contributed by atoms with van der Waals surface area (Å²) in [7, 11) is 0. The SMILES string of the molecule is c1ccc(C2=NC(c3cccc(-c4cccc5c4oc4ccccc45)c3)=NC3c4cc(-c5cccc(-c6cccc7c6oc6ccccc67)c5)ccc4SC23)cc1. The van der Waals surface area contributed by atoms with Crippen molar-refractivity contribution in [1.29, 1.82) is 0 Å². The molecule has 57 heavy (non-hydrogen) atoms. The van der Waals surface area contributed by atoms with Gasteiger partial charge >= 0.3 is 0 Å². The molecule has 2 atom stereocenters. The number of hydrogen-bond acceptors (Lipinski definition) is 5. The Bertz CT molecular complexity index is 3300. The molecule has 0 spiro atoms. The van der Waals surface area contributed by atoms with Crippen molar-refractivity contribution in [2.75, 3.05) is 0 Å². The van der Waals surface area contributed by atoms with Gasteiger partial charge in [0.2, 0.25) is 0 Å². The zero-order valence-electron chi connectivity index (χ0n) is 30.6. The van der Waals surface area contributed by atoms with Gasteiger partial charge in [0.1, 0.15) is 22.3 Å². The Balaban J connectivity index is 0.953. The molecule has 0 fully saturated rings. The normalized spacial score (nSPS) is 16.2. The molecule has 4 heterocycles.